The van der Waals surface area contributed by atoms with Gasteiger partial charge in [0.15, 0.2) is 10.0 Å². The molecule has 0 amide bonds. The molecular weight excluding hydrogens is 549 g/mol. The topological polar surface area (TPSA) is 58.5 Å². The second-order valence-corrected chi connectivity index (χ2v) is 10.1. The third-order valence-electron chi connectivity index (χ3n) is 6.01. The number of pyridine rings is 1. The molecule has 0 saturated heterocycles. The van der Waals surface area contributed by atoms with E-state index in [1.54, 1.807) is 19.1 Å². The summed E-state index contributed by atoms with van der Waals surface area (Å²) in [6.45, 7) is 1.85. The Morgan fingerprint density at radius 3 is 2.50 bits per heavy atom. The Morgan fingerprint density at radius 2 is 1.84 bits per heavy atom. The highest BCUT2D eigenvalue weighted by molar-refractivity contribution is 7.15. The maximum Gasteiger partial charge on any atom is 0.416 e. The summed E-state index contributed by atoms with van der Waals surface area (Å²) in [5, 5.41) is 11.3. The number of hydrogen-bond donors (Lipinski definition) is 1. The quantitative estimate of drug-likeness (QED) is 0.203. The first kappa shape index (κ1) is 25.8. The molecule has 3 aromatic heterocycles. The van der Waals surface area contributed by atoms with Crippen LogP contribution in [0.2, 0.25) is 4.47 Å². The molecule has 38 heavy (non-hydrogen) atoms. The van der Waals surface area contributed by atoms with E-state index in [9.17, 15) is 31.9 Å². The highest BCUT2D eigenvalue weighted by Crippen LogP contribution is 2.36. The second-order valence-electron chi connectivity index (χ2n) is 8.44. The molecule has 5 nitrogen and oxygen atoms in total. The van der Waals surface area contributed by atoms with Crippen molar-refractivity contribution in [3.8, 4) is 28.1 Å². The van der Waals surface area contributed by atoms with Crippen LogP contribution in [-0.2, 0) is 12.7 Å². The Balaban J connectivity index is 1.74. The number of fused-ring (bicyclic) bond motifs is 1. The van der Waals surface area contributed by atoms with Crippen molar-refractivity contribution in [1.82, 2.24) is 9.38 Å². The van der Waals surface area contributed by atoms with E-state index in [-0.39, 0.29) is 33.8 Å². The summed E-state index contributed by atoms with van der Waals surface area (Å²) >= 11 is 7.14. The van der Waals surface area contributed by atoms with Crippen molar-refractivity contribution in [3.05, 3.63) is 103 Å². The number of aromatic nitrogens is 3. The fourth-order valence-electron chi connectivity index (χ4n) is 4.28. The van der Waals surface area contributed by atoms with Crippen LogP contribution in [0, 0.1) is 18.6 Å². The SMILES string of the molecule is Cc1cccn2c(=O)c(-c3ccc(F)c(-c4ccc(C(F)(F)F)cc4F)c3)c(O)[n+](Cc3cnc(Cl)s3)c12. The molecule has 5 aromatic rings. The number of alkyl halides is 3. The van der Waals surface area contributed by atoms with Gasteiger partial charge in [-0.25, -0.2) is 18.6 Å². The molecule has 3 heterocycles. The van der Waals surface area contributed by atoms with Crippen molar-refractivity contribution in [1.29, 1.82) is 0 Å². The Hall–Kier alpha value is -3.83. The second kappa shape index (κ2) is 9.48. The predicted molar refractivity (Wildman–Crippen MR) is 132 cm³/mol. The van der Waals surface area contributed by atoms with Crippen LogP contribution in [-0.4, -0.2) is 14.5 Å². The monoisotopic (exact) mass is 564 g/mol. The normalized spacial score (nSPS) is 11.9. The Morgan fingerprint density at radius 1 is 1.08 bits per heavy atom. The molecule has 0 fully saturated rings. The smallest absolute Gasteiger partial charge is 0.416 e. The maximum absolute atomic E-state index is 14.8. The van der Waals surface area contributed by atoms with Gasteiger partial charge in [0.2, 0.25) is 0 Å². The van der Waals surface area contributed by atoms with Crippen LogP contribution in [0.25, 0.3) is 27.9 Å². The van der Waals surface area contributed by atoms with E-state index in [1.807, 2.05) is 0 Å². The van der Waals surface area contributed by atoms with Crippen molar-refractivity contribution in [2.45, 2.75) is 19.6 Å². The molecule has 0 atom stereocenters. The summed E-state index contributed by atoms with van der Waals surface area (Å²) in [6.07, 6.45) is -1.74. The average Bonchev–Trinajstić information content (AvgIpc) is 3.27. The fraction of sp³-hybridized carbons (Fsp3) is 0.115. The van der Waals surface area contributed by atoms with Gasteiger partial charge in [0.1, 0.15) is 18.2 Å². The fourth-order valence-corrected chi connectivity index (χ4v) is 5.25. The van der Waals surface area contributed by atoms with Gasteiger partial charge in [-0.05, 0) is 48.9 Å². The Labute approximate surface area is 220 Å². The number of aromatic hydroxyl groups is 1. The third kappa shape index (κ3) is 4.52. The van der Waals surface area contributed by atoms with Gasteiger partial charge < -0.3 is 5.11 Å². The number of halogens is 6. The van der Waals surface area contributed by atoms with Crippen LogP contribution in [0.15, 0.2) is 65.7 Å². The summed E-state index contributed by atoms with van der Waals surface area (Å²) in [4.78, 5) is 18.2. The van der Waals surface area contributed by atoms with Gasteiger partial charge in [-0.2, -0.15) is 22.1 Å². The van der Waals surface area contributed by atoms with Gasteiger partial charge >= 0.3 is 11.7 Å². The third-order valence-corrected chi connectivity index (χ3v) is 7.11. The molecule has 12 heteroatoms. The summed E-state index contributed by atoms with van der Waals surface area (Å²) < 4.78 is 71.5. The average molecular weight is 565 g/mol. The number of hydrogen-bond acceptors (Lipinski definition) is 4. The Bertz CT molecular complexity index is 1780. The van der Waals surface area contributed by atoms with Crippen molar-refractivity contribution in [2.75, 3.05) is 0 Å². The van der Waals surface area contributed by atoms with Crippen LogP contribution < -0.4 is 10.1 Å². The number of thiazole rings is 1. The summed E-state index contributed by atoms with van der Waals surface area (Å²) in [5.41, 5.74) is -1.77. The van der Waals surface area contributed by atoms with Crippen LogP contribution in [0.5, 0.6) is 5.88 Å². The van der Waals surface area contributed by atoms with Gasteiger partial charge in [0.25, 0.3) is 11.5 Å². The van der Waals surface area contributed by atoms with Crippen molar-refractivity contribution >= 4 is 28.6 Å². The minimum absolute atomic E-state index is 0.0372. The standard InChI is InChI=1S/C26H15ClF5N3O2S/c1-13-3-2-8-34-22(13)35(12-16-11-33-25(27)38-16)24(37)21(23(34)36)14-4-7-19(28)18(9-14)17-6-5-15(10-20(17)29)26(30,31)32/h2-11H,12H2,1H3/p+1. The van der Waals surface area contributed by atoms with Gasteiger partial charge in [0, 0.05) is 22.9 Å². The minimum atomic E-state index is -4.78. The van der Waals surface area contributed by atoms with Crippen LogP contribution in [0.4, 0.5) is 22.0 Å². The van der Waals surface area contributed by atoms with E-state index in [1.165, 1.54) is 38.8 Å². The molecular formula is C26H16ClF5N3O2S+. The lowest BCUT2D eigenvalue weighted by atomic mass is 9.98. The zero-order valence-corrected chi connectivity index (χ0v) is 20.9. The minimum Gasteiger partial charge on any atom is -0.477 e. The highest BCUT2D eigenvalue weighted by Gasteiger charge is 2.32. The van der Waals surface area contributed by atoms with E-state index in [0.29, 0.717) is 22.2 Å². The first-order valence-electron chi connectivity index (χ1n) is 11.0. The molecule has 0 spiro atoms. The van der Waals surface area contributed by atoms with Gasteiger partial charge in [-0.15, -0.1) is 11.3 Å². The van der Waals surface area contributed by atoms with E-state index >= 15 is 0 Å². The molecule has 0 bridgehead atoms. The number of benzene rings is 2. The first-order chi connectivity index (χ1) is 18.0. The summed E-state index contributed by atoms with van der Waals surface area (Å²) in [5.74, 6) is -2.65. The molecule has 1 N–H and O–H groups in total. The molecule has 0 unspecified atom stereocenters. The molecule has 5 rings (SSSR count). The number of rotatable bonds is 4. The molecule has 2 aromatic carbocycles. The highest BCUT2D eigenvalue weighted by atomic mass is 35.5. The Kier molecular flexibility index (Phi) is 6.44. The lowest BCUT2D eigenvalue weighted by Gasteiger charge is -2.13. The zero-order valence-electron chi connectivity index (χ0n) is 19.4. The van der Waals surface area contributed by atoms with Crippen LogP contribution in [0.3, 0.4) is 0 Å². The number of nitrogens with zero attached hydrogens (tertiary/aromatic N) is 3. The van der Waals surface area contributed by atoms with E-state index in [4.69, 9.17) is 11.6 Å². The molecule has 0 aliphatic rings. The van der Waals surface area contributed by atoms with Gasteiger partial charge in [-0.3, -0.25) is 0 Å². The molecule has 0 saturated carbocycles. The predicted octanol–water partition coefficient (Wildman–Crippen LogP) is 6.39. The molecule has 0 aliphatic carbocycles. The molecule has 194 valence electrons. The summed E-state index contributed by atoms with van der Waals surface area (Å²) in [7, 11) is 0. The molecule has 0 aliphatic heterocycles. The first-order valence-corrected chi connectivity index (χ1v) is 12.2. The van der Waals surface area contributed by atoms with Crippen molar-refractivity contribution in [3.63, 3.8) is 0 Å². The largest absolute Gasteiger partial charge is 0.477 e. The lowest BCUT2D eigenvalue weighted by molar-refractivity contribution is -0.671. The van der Waals surface area contributed by atoms with Crippen molar-refractivity contribution < 1.29 is 31.6 Å². The van der Waals surface area contributed by atoms with E-state index in [2.05, 4.69) is 4.98 Å². The lowest BCUT2D eigenvalue weighted by Crippen LogP contribution is -2.41. The van der Waals surface area contributed by atoms with Crippen molar-refractivity contribution in [2.24, 2.45) is 0 Å². The maximum atomic E-state index is 14.8. The van der Waals surface area contributed by atoms with Gasteiger partial charge in [0.05, 0.1) is 16.6 Å². The molecule has 0 radical (unpaired) electrons. The summed E-state index contributed by atoms with van der Waals surface area (Å²) in [6, 6.07) is 8.45. The van der Waals surface area contributed by atoms with E-state index in [0.717, 1.165) is 18.2 Å². The number of aryl methyl sites for hydroxylation is 1. The van der Waals surface area contributed by atoms with E-state index < -0.39 is 40.4 Å². The zero-order chi connectivity index (χ0) is 27.4. The van der Waals surface area contributed by atoms with Gasteiger partial charge in [-0.1, -0.05) is 23.7 Å². The van der Waals surface area contributed by atoms with Crippen LogP contribution >= 0.6 is 22.9 Å². The van der Waals surface area contributed by atoms with Crippen LogP contribution in [0.1, 0.15) is 16.0 Å².